The smallest absolute Gasteiger partial charge is 0.462 e. The van der Waals surface area contributed by atoms with Crippen LogP contribution in [-0.4, -0.2) is 96.7 Å². The van der Waals surface area contributed by atoms with Crippen LogP contribution in [0.5, 0.6) is 0 Å². The van der Waals surface area contributed by atoms with Crippen LogP contribution in [0.2, 0.25) is 0 Å². The van der Waals surface area contributed by atoms with Gasteiger partial charge in [0.05, 0.1) is 26.4 Å². The Kier molecular flexibility index (Phi) is 67.4. The van der Waals surface area contributed by atoms with Gasteiger partial charge < -0.3 is 33.8 Å². The Morgan fingerprint density at radius 2 is 0.479 bits per heavy atom. The number of carbonyl (C=O) groups is 4. The van der Waals surface area contributed by atoms with Crippen molar-refractivity contribution >= 4 is 39.5 Å². The van der Waals surface area contributed by atoms with Crippen LogP contribution in [0.1, 0.15) is 401 Å². The van der Waals surface area contributed by atoms with Crippen molar-refractivity contribution in [3.63, 3.8) is 0 Å². The highest BCUT2D eigenvalue weighted by atomic mass is 31.2. The van der Waals surface area contributed by atoms with Crippen molar-refractivity contribution in [3.05, 3.63) is 0 Å². The molecular formula is C77H150O17P2. The van der Waals surface area contributed by atoms with Gasteiger partial charge in [0.2, 0.25) is 0 Å². The topological polar surface area (TPSA) is 237 Å². The Labute approximate surface area is 588 Å². The largest absolute Gasteiger partial charge is 0.472 e. The van der Waals surface area contributed by atoms with Gasteiger partial charge in [-0.25, -0.2) is 9.13 Å². The summed E-state index contributed by atoms with van der Waals surface area (Å²) in [5.74, 6) is -0.621. The molecule has 5 atom stereocenters. The van der Waals surface area contributed by atoms with E-state index in [0.717, 1.165) is 102 Å². The molecule has 0 saturated carbocycles. The van der Waals surface area contributed by atoms with E-state index in [9.17, 15) is 43.2 Å². The van der Waals surface area contributed by atoms with E-state index >= 15 is 0 Å². The maximum absolute atomic E-state index is 13.1. The van der Waals surface area contributed by atoms with E-state index < -0.39 is 97.5 Å². The molecule has 0 spiro atoms. The predicted molar refractivity (Wildman–Crippen MR) is 391 cm³/mol. The van der Waals surface area contributed by atoms with E-state index in [4.69, 9.17) is 37.0 Å². The highest BCUT2D eigenvalue weighted by Gasteiger charge is 2.30. The van der Waals surface area contributed by atoms with Gasteiger partial charge in [-0.3, -0.25) is 37.3 Å². The van der Waals surface area contributed by atoms with Gasteiger partial charge in [0, 0.05) is 25.7 Å². The minimum atomic E-state index is -4.96. The molecule has 3 N–H and O–H groups in total. The second-order valence-electron chi connectivity index (χ2n) is 28.7. The van der Waals surface area contributed by atoms with Crippen LogP contribution >= 0.6 is 15.6 Å². The molecule has 0 aromatic carbocycles. The fraction of sp³-hybridized carbons (Fsp3) is 0.948. The first kappa shape index (κ1) is 94.1. The van der Waals surface area contributed by atoms with Gasteiger partial charge >= 0.3 is 39.5 Å². The SMILES string of the molecule is CCCCCCCCCCCCCCCCCC(=O)OC[C@H](COP(=O)(O)OC[C@@H](O)COP(=O)(O)OC[C@@H](COC(=O)CCCCCCCCCC(C)C)OC(=O)CCCCCCCCCCCCCCCCC)OC(=O)CCCCCCCCCCCCCCCC(C)C. The summed E-state index contributed by atoms with van der Waals surface area (Å²) in [6, 6.07) is 0. The summed E-state index contributed by atoms with van der Waals surface area (Å²) < 4.78 is 68.6. The number of phosphoric ester groups is 2. The molecule has 0 aromatic heterocycles. The molecule has 570 valence electrons. The quantitative estimate of drug-likeness (QED) is 0.0222. The fourth-order valence-electron chi connectivity index (χ4n) is 11.8. The molecule has 0 saturated heterocycles. The minimum Gasteiger partial charge on any atom is -0.462 e. The standard InChI is InChI=1S/C77H150O17P2/c1-7-9-11-13-15-17-19-21-23-27-31-35-41-47-53-59-74(79)87-65-72(93-76(81)62-56-50-43-37-33-29-25-26-30-34-39-45-51-57-69(3)4)67-91-95(83,84)89-63-71(78)64-90-96(85,86)92-68-73(66-88-75(80)60-54-48-44-38-40-46-52-58-70(5)6)94-77(82)61-55-49-42-36-32-28-24-22-20-18-16-14-12-10-8-2/h69-73,78H,7-68H2,1-6H3,(H,83,84)(H,85,86)/t71-,72-,73-/m1/s1. The third kappa shape index (κ3) is 70.5. The molecule has 2 unspecified atom stereocenters. The monoisotopic (exact) mass is 1410 g/mol. The van der Waals surface area contributed by atoms with Crippen molar-refractivity contribution in [1.29, 1.82) is 0 Å². The van der Waals surface area contributed by atoms with Crippen LogP contribution < -0.4 is 0 Å². The van der Waals surface area contributed by atoms with Crippen LogP contribution in [0.4, 0.5) is 0 Å². The molecule has 96 heavy (non-hydrogen) atoms. The zero-order chi connectivity index (χ0) is 70.7. The summed E-state index contributed by atoms with van der Waals surface area (Å²) in [4.78, 5) is 72.9. The molecular weight excluding hydrogens is 1260 g/mol. The average Bonchev–Trinajstić information content (AvgIpc) is 2.99. The molecule has 0 aromatic rings. The van der Waals surface area contributed by atoms with Gasteiger partial charge in [-0.2, -0.15) is 0 Å². The zero-order valence-electron chi connectivity index (χ0n) is 62.7. The average molecular weight is 1410 g/mol. The maximum Gasteiger partial charge on any atom is 0.472 e. The van der Waals surface area contributed by atoms with E-state index in [1.54, 1.807) is 0 Å². The first-order valence-corrected chi connectivity index (χ1v) is 43.0. The van der Waals surface area contributed by atoms with Gasteiger partial charge in [0.25, 0.3) is 0 Å². The van der Waals surface area contributed by atoms with E-state index in [1.807, 2.05) is 0 Å². The molecule has 0 aliphatic heterocycles. The first-order valence-electron chi connectivity index (χ1n) is 40.0. The van der Waals surface area contributed by atoms with Crippen LogP contribution in [0.25, 0.3) is 0 Å². The van der Waals surface area contributed by atoms with Gasteiger partial charge in [-0.15, -0.1) is 0 Å². The molecule has 0 rings (SSSR count). The van der Waals surface area contributed by atoms with Crippen molar-refractivity contribution in [2.45, 2.75) is 419 Å². The summed E-state index contributed by atoms with van der Waals surface area (Å²) >= 11 is 0. The zero-order valence-corrected chi connectivity index (χ0v) is 64.5. The summed E-state index contributed by atoms with van der Waals surface area (Å²) in [7, 11) is -9.91. The first-order chi connectivity index (χ1) is 46.4. The van der Waals surface area contributed by atoms with E-state index in [0.29, 0.717) is 31.6 Å². The summed E-state index contributed by atoms with van der Waals surface area (Å²) in [5.41, 5.74) is 0. The van der Waals surface area contributed by atoms with Crippen molar-refractivity contribution in [2.75, 3.05) is 39.6 Å². The molecule has 17 nitrogen and oxygen atoms in total. The van der Waals surface area contributed by atoms with Gasteiger partial charge in [-0.1, -0.05) is 350 Å². The molecule has 0 amide bonds. The molecule has 0 radical (unpaired) electrons. The molecule has 0 aliphatic rings. The summed E-state index contributed by atoms with van der Waals surface area (Å²) in [6.45, 7) is 9.58. The summed E-state index contributed by atoms with van der Waals surface area (Å²) in [5, 5.41) is 10.6. The lowest BCUT2D eigenvalue weighted by Gasteiger charge is -2.21. The van der Waals surface area contributed by atoms with Crippen LogP contribution in [0, 0.1) is 11.8 Å². The van der Waals surface area contributed by atoms with E-state index in [2.05, 4.69) is 41.5 Å². The Morgan fingerprint density at radius 1 is 0.281 bits per heavy atom. The normalized spacial score (nSPS) is 14.0. The highest BCUT2D eigenvalue weighted by Crippen LogP contribution is 2.45. The van der Waals surface area contributed by atoms with Crippen molar-refractivity contribution in [3.8, 4) is 0 Å². The van der Waals surface area contributed by atoms with Gasteiger partial charge in [0.15, 0.2) is 12.2 Å². The third-order valence-electron chi connectivity index (χ3n) is 18.0. The number of esters is 4. The highest BCUT2D eigenvalue weighted by molar-refractivity contribution is 7.47. The Morgan fingerprint density at radius 3 is 0.708 bits per heavy atom. The number of aliphatic hydroxyl groups excluding tert-OH is 1. The Hall–Kier alpha value is -1.94. The minimum absolute atomic E-state index is 0.107. The molecule has 0 aliphatic carbocycles. The maximum atomic E-state index is 13.1. The number of hydrogen-bond acceptors (Lipinski definition) is 15. The molecule has 0 fully saturated rings. The number of ether oxygens (including phenoxy) is 4. The van der Waals surface area contributed by atoms with Crippen LogP contribution in [0.15, 0.2) is 0 Å². The van der Waals surface area contributed by atoms with E-state index in [1.165, 1.54) is 212 Å². The third-order valence-corrected chi connectivity index (χ3v) is 19.9. The lowest BCUT2D eigenvalue weighted by atomic mass is 10.0. The van der Waals surface area contributed by atoms with Crippen molar-refractivity contribution in [1.82, 2.24) is 0 Å². The number of hydrogen-bond donors (Lipinski definition) is 3. The van der Waals surface area contributed by atoms with Crippen LogP contribution in [-0.2, 0) is 65.4 Å². The predicted octanol–water partition coefficient (Wildman–Crippen LogP) is 22.7. The number of phosphoric acid groups is 2. The van der Waals surface area contributed by atoms with Crippen LogP contribution in [0.3, 0.4) is 0 Å². The molecule has 19 heteroatoms. The number of unbranched alkanes of at least 4 members (excludes halogenated alkanes) is 46. The lowest BCUT2D eigenvalue weighted by molar-refractivity contribution is -0.161. The molecule has 0 heterocycles. The number of aliphatic hydroxyl groups is 1. The van der Waals surface area contributed by atoms with E-state index in [-0.39, 0.29) is 25.7 Å². The Bertz CT molecular complexity index is 1860. The lowest BCUT2D eigenvalue weighted by Crippen LogP contribution is -2.30. The second-order valence-corrected chi connectivity index (χ2v) is 31.6. The number of carbonyl (C=O) groups excluding carboxylic acids is 4. The summed E-state index contributed by atoms with van der Waals surface area (Å²) in [6.07, 6.45) is 56.8. The Balaban J connectivity index is 5.25. The van der Waals surface area contributed by atoms with Gasteiger partial charge in [-0.05, 0) is 37.5 Å². The van der Waals surface area contributed by atoms with Crippen molar-refractivity contribution in [2.24, 2.45) is 11.8 Å². The fourth-order valence-corrected chi connectivity index (χ4v) is 13.4. The number of rotatable bonds is 76. The second kappa shape index (κ2) is 68.8. The van der Waals surface area contributed by atoms with Crippen molar-refractivity contribution < 1.29 is 80.2 Å². The van der Waals surface area contributed by atoms with Gasteiger partial charge in [0.1, 0.15) is 19.3 Å². The molecule has 0 bridgehead atoms.